The lowest BCUT2D eigenvalue weighted by Crippen LogP contribution is -2.56. The van der Waals surface area contributed by atoms with Crippen LogP contribution in [0.25, 0.3) is 0 Å². The van der Waals surface area contributed by atoms with Crippen molar-refractivity contribution < 1.29 is 14.4 Å². The highest BCUT2D eigenvalue weighted by Gasteiger charge is 2.52. The van der Waals surface area contributed by atoms with Crippen molar-refractivity contribution in [3.05, 3.63) is 24.3 Å². The molecule has 0 bridgehead atoms. The van der Waals surface area contributed by atoms with E-state index >= 15 is 0 Å². The molecule has 2 saturated heterocycles. The van der Waals surface area contributed by atoms with E-state index in [0.29, 0.717) is 38.0 Å². The van der Waals surface area contributed by atoms with Crippen molar-refractivity contribution in [2.24, 2.45) is 0 Å². The minimum atomic E-state index is -1.15. The van der Waals surface area contributed by atoms with Crippen molar-refractivity contribution in [2.45, 2.75) is 31.2 Å². The van der Waals surface area contributed by atoms with Crippen LogP contribution in [0.3, 0.4) is 0 Å². The van der Waals surface area contributed by atoms with Gasteiger partial charge in [-0.3, -0.25) is 24.4 Å². The van der Waals surface area contributed by atoms with Crippen LogP contribution in [-0.2, 0) is 19.9 Å². The van der Waals surface area contributed by atoms with Gasteiger partial charge in [0, 0.05) is 39.0 Å². The molecule has 1 aromatic heterocycles. The van der Waals surface area contributed by atoms with E-state index in [2.05, 4.69) is 15.3 Å². The highest BCUT2D eigenvalue weighted by Crippen LogP contribution is 2.38. The molecule has 1 aromatic rings. The van der Waals surface area contributed by atoms with E-state index in [1.165, 1.54) is 18.6 Å². The van der Waals surface area contributed by atoms with E-state index in [-0.39, 0.29) is 24.3 Å². The highest BCUT2D eigenvalue weighted by molar-refractivity contribution is 5.94. The van der Waals surface area contributed by atoms with Crippen molar-refractivity contribution >= 4 is 17.7 Å². The van der Waals surface area contributed by atoms with Crippen molar-refractivity contribution in [1.82, 2.24) is 25.1 Å². The number of hydrogen-bond acceptors (Lipinski definition) is 5. The summed E-state index contributed by atoms with van der Waals surface area (Å²) in [7, 11) is 1.55. The van der Waals surface area contributed by atoms with E-state index in [0.717, 1.165) is 6.42 Å². The van der Waals surface area contributed by atoms with E-state index < -0.39 is 5.54 Å². The molecule has 2 fully saturated rings. The van der Waals surface area contributed by atoms with Gasteiger partial charge in [-0.2, -0.15) is 0 Å². The average molecular weight is 331 g/mol. The molecular formula is C16H21N5O3. The van der Waals surface area contributed by atoms with Gasteiger partial charge in [0.05, 0.1) is 18.4 Å². The fourth-order valence-corrected chi connectivity index (χ4v) is 3.61. The number of amides is 3. The average Bonchev–Trinajstić information content (AvgIpc) is 3.22. The molecule has 8 nitrogen and oxygen atoms in total. The summed E-state index contributed by atoms with van der Waals surface area (Å²) in [6.07, 6.45) is 7.03. The SMILES string of the molecule is CNC(=O)[C@@]1(c2cnccn2)CCCN1C(=O)CN1CCCC1=O. The number of aromatic nitrogens is 2. The molecule has 3 rings (SSSR count). The first-order valence-electron chi connectivity index (χ1n) is 8.16. The monoisotopic (exact) mass is 331 g/mol. The van der Waals surface area contributed by atoms with Gasteiger partial charge in [0.1, 0.15) is 0 Å². The summed E-state index contributed by atoms with van der Waals surface area (Å²) in [5.41, 5.74) is -0.689. The van der Waals surface area contributed by atoms with Gasteiger partial charge in [0.2, 0.25) is 11.8 Å². The second kappa shape index (κ2) is 6.54. The highest BCUT2D eigenvalue weighted by atomic mass is 16.2. The second-order valence-corrected chi connectivity index (χ2v) is 6.10. The number of nitrogens with zero attached hydrogens (tertiary/aromatic N) is 4. The maximum atomic E-state index is 12.9. The molecule has 0 spiro atoms. The van der Waals surface area contributed by atoms with Crippen molar-refractivity contribution in [2.75, 3.05) is 26.7 Å². The molecule has 0 aromatic carbocycles. The van der Waals surface area contributed by atoms with Crippen LogP contribution in [-0.4, -0.2) is 64.2 Å². The first-order valence-corrected chi connectivity index (χ1v) is 8.16. The van der Waals surface area contributed by atoms with Crippen LogP contribution in [0, 0.1) is 0 Å². The normalized spacial score (nSPS) is 23.6. The molecule has 1 atom stereocenters. The summed E-state index contributed by atoms with van der Waals surface area (Å²) in [5, 5.41) is 2.65. The van der Waals surface area contributed by atoms with Crippen LogP contribution in [0.5, 0.6) is 0 Å². The fourth-order valence-electron chi connectivity index (χ4n) is 3.61. The lowest BCUT2D eigenvalue weighted by Gasteiger charge is -2.36. The van der Waals surface area contributed by atoms with Crippen molar-refractivity contribution in [3.63, 3.8) is 0 Å². The smallest absolute Gasteiger partial charge is 0.252 e. The number of likely N-dealkylation sites (tertiary alicyclic amines) is 2. The van der Waals surface area contributed by atoms with Gasteiger partial charge in [-0.15, -0.1) is 0 Å². The van der Waals surface area contributed by atoms with Crippen LogP contribution in [0.15, 0.2) is 18.6 Å². The molecule has 0 aliphatic carbocycles. The van der Waals surface area contributed by atoms with Crippen LogP contribution in [0.1, 0.15) is 31.4 Å². The Morgan fingerprint density at radius 3 is 2.75 bits per heavy atom. The van der Waals surface area contributed by atoms with Crippen LogP contribution < -0.4 is 5.32 Å². The van der Waals surface area contributed by atoms with Crippen molar-refractivity contribution in [1.29, 1.82) is 0 Å². The molecule has 0 unspecified atom stereocenters. The number of carbonyl (C=O) groups is 3. The lowest BCUT2D eigenvalue weighted by molar-refractivity contribution is -0.148. The topological polar surface area (TPSA) is 95.5 Å². The van der Waals surface area contributed by atoms with Crippen LogP contribution >= 0.6 is 0 Å². The Morgan fingerprint density at radius 1 is 1.29 bits per heavy atom. The molecule has 1 N–H and O–H groups in total. The third-order valence-corrected chi connectivity index (χ3v) is 4.77. The lowest BCUT2D eigenvalue weighted by atomic mass is 9.90. The maximum Gasteiger partial charge on any atom is 0.252 e. The fraction of sp³-hybridized carbons (Fsp3) is 0.562. The second-order valence-electron chi connectivity index (χ2n) is 6.10. The zero-order valence-electron chi connectivity index (χ0n) is 13.7. The zero-order valence-corrected chi connectivity index (χ0v) is 13.7. The first-order chi connectivity index (χ1) is 11.6. The molecule has 0 saturated carbocycles. The van der Waals surface area contributed by atoms with Gasteiger partial charge in [-0.1, -0.05) is 0 Å². The molecule has 128 valence electrons. The van der Waals surface area contributed by atoms with E-state index in [4.69, 9.17) is 0 Å². The quantitative estimate of drug-likeness (QED) is 0.814. The van der Waals surface area contributed by atoms with Gasteiger partial charge in [0.25, 0.3) is 5.91 Å². The zero-order chi connectivity index (χ0) is 17.2. The molecule has 3 amide bonds. The summed E-state index contributed by atoms with van der Waals surface area (Å²) in [5.74, 6) is -0.508. The number of rotatable bonds is 4. The van der Waals surface area contributed by atoms with Gasteiger partial charge in [-0.05, 0) is 19.3 Å². The molecule has 2 aliphatic heterocycles. The number of carbonyl (C=O) groups excluding carboxylic acids is 3. The van der Waals surface area contributed by atoms with Crippen LogP contribution in [0.4, 0.5) is 0 Å². The minimum absolute atomic E-state index is 0.00686. The predicted molar refractivity (Wildman–Crippen MR) is 84.5 cm³/mol. The Bertz CT molecular complexity index is 650. The van der Waals surface area contributed by atoms with Gasteiger partial charge >= 0.3 is 0 Å². The summed E-state index contributed by atoms with van der Waals surface area (Å²) in [6.45, 7) is 1.07. The summed E-state index contributed by atoms with van der Waals surface area (Å²) >= 11 is 0. The minimum Gasteiger partial charge on any atom is -0.357 e. The number of hydrogen-bond donors (Lipinski definition) is 1. The van der Waals surface area contributed by atoms with E-state index in [9.17, 15) is 14.4 Å². The Morgan fingerprint density at radius 2 is 2.12 bits per heavy atom. The Balaban J connectivity index is 1.91. The van der Waals surface area contributed by atoms with E-state index in [1.807, 2.05) is 0 Å². The predicted octanol–water partition coefficient (Wildman–Crippen LogP) is -0.337. The van der Waals surface area contributed by atoms with Crippen molar-refractivity contribution in [3.8, 4) is 0 Å². The molecule has 8 heteroatoms. The molecule has 24 heavy (non-hydrogen) atoms. The summed E-state index contributed by atoms with van der Waals surface area (Å²) in [6, 6.07) is 0. The first kappa shape index (κ1) is 16.4. The standard InChI is InChI=1S/C16H21N5O3/c1-17-15(24)16(12-10-18-6-7-19-12)5-3-9-21(16)14(23)11-20-8-2-4-13(20)22/h6-7,10H,2-5,8-9,11H2,1H3,(H,17,24)/t16-/m0/s1. The number of nitrogens with one attached hydrogen (secondary N) is 1. The largest absolute Gasteiger partial charge is 0.357 e. The Kier molecular flexibility index (Phi) is 4.46. The maximum absolute atomic E-state index is 12.9. The Hall–Kier alpha value is -2.51. The molecule has 0 radical (unpaired) electrons. The molecule has 2 aliphatic rings. The summed E-state index contributed by atoms with van der Waals surface area (Å²) < 4.78 is 0. The van der Waals surface area contributed by atoms with Gasteiger partial charge in [0.15, 0.2) is 5.54 Å². The van der Waals surface area contributed by atoms with Gasteiger partial charge in [-0.25, -0.2) is 0 Å². The van der Waals surface area contributed by atoms with Gasteiger partial charge < -0.3 is 15.1 Å². The Labute approximate surface area is 140 Å². The van der Waals surface area contributed by atoms with Crippen LogP contribution in [0.2, 0.25) is 0 Å². The third-order valence-electron chi connectivity index (χ3n) is 4.77. The molecular weight excluding hydrogens is 310 g/mol. The summed E-state index contributed by atoms with van der Waals surface area (Å²) in [4.78, 5) is 48.8. The molecule has 3 heterocycles. The third kappa shape index (κ3) is 2.61. The van der Waals surface area contributed by atoms with E-state index in [1.54, 1.807) is 16.8 Å². The number of likely N-dealkylation sites (N-methyl/N-ethyl adjacent to an activating group) is 1.